The van der Waals surface area contributed by atoms with Crippen LogP contribution in [0.15, 0.2) is 84.9 Å². The van der Waals surface area contributed by atoms with E-state index in [2.05, 4.69) is 6.07 Å². The Labute approximate surface area is 198 Å². The molecule has 4 heteroatoms. The number of amides is 1. The summed E-state index contributed by atoms with van der Waals surface area (Å²) in [4.78, 5) is 28.8. The number of hydrogen-bond donors (Lipinski definition) is 1. The van der Waals surface area contributed by atoms with Crippen LogP contribution < -0.4 is 4.90 Å². The fourth-order valence-corrected chi connectivity index (χ4v) is 5.60. The van der Waals surface area contributed by atoms with Crippen LogP contribution in [0.3, 0.4) is 0 Å². The van der Waals surface area contributed by atoms with Crippen molar-refractivity contribution >= 4 is 28.2 Å². The molecule has 4 nitrogen and oxygen atoms in total. The lowest BCUT2D eigenvalue weighted by Gasteiger charge is -2.23. The van der Waals surface area contributed by atoms with Crippen LogP contribution in [0, 0.1) is 0 Å². The Balaban J connectivity index is 1.33. The molecular formula is C30H25NO3. The summed E-state index contributed by atoms with van der Waals surface area (Å²) in [6.45, 7) is 0.442. The highest BCUT2D eigenvalue weighted by Gasteiger charge is 2.50. The van der Waals surface area contributed by atoms with Gasteiger partial charge in [0.1, 0.15) is 0 Å². The summed E-state index contributed by atoms with van der Waals surface area (Å²) in [6.07, 6.45) is 2.36. The van der Waals surface area contributed by atoms with E-state index < -0.39 is 11.5 Å². The molecule has 0 aromatic heterocycles. The van der Waals surface area contributed by atoms with Gasteiger partial charge in [-0.1, -0.05) is 78.9 Å². The van der Waals surface area contributed by atoms with Gasteiger partial charge in [0.05, 0.1) is 12.1 Å². The third-order valence-corrected chi connectivity index (χ3v) is 7.30. The number of hydrogen-bond acceptors (Lipinski definition) is 3. The standard InChI is InChI=1S/C30H25NO3/c32-27(23-16-15-22-14-13-21-9-6-10-24(23)28(21)22)19-30(34)25-11-4-5-12-26(25)31(29(30)33)18-17-20-7-2-1-3-8-20/h1-12,15-16,34H,13-14,17-19H2/t30-/m1/s1. The van der Waals surface area contributed by atoms with Gasteiger partial charge >= 0.3 is 0 Å². The van der Waals surface area contributed by atoms with Crippen LogP contribution in [0.25, 0.3) is 10.8 Å². The van der Waals surface area contributed by atoms with E-state index >= 15 is 0 Å². The van der Waals surface area contributed by atoms with Crippen LogP contribution in [0.2, 0.25) is 0 Å². The first-order valence-corrected chi connectivity index (χ1v) is 11.8. The maximum absolute atomic E-state index is 13.6. The largest absolute Gasteiger partial charge is 0.375 e. The number of para-hydroxylation sites is 1. The molecule has 0 saturated carbocycles. The third kappa shape index (κ3) is 3.17. The van der Waals surface area contributed by atoms with Crippen LogP contribution in [-0.4, -0.2) is 23.3 Å². The van der Waals surface area contributed by atoms with Crippen molar-refractivity contribution in [3.05, 3.63) is 113 Å². The summed E-state index contributed by atoms with van der Waals surface area (Å²) >= 11 is 0. The number of rotatable bonds is 6. The number of carbonyl (C=O) groups excluding carboxylic acids is 2. The highest BCUT2D eigenvalue weighted by Crippen LogP contribution is 2.43. The molecule has 1 amide bonds. The van der Waals surface area contributed by atoms with Gasteiger partial charge in [-0.05, 0) is 52.8 Å². The molecule has 1 heterocycles. The van der Waals surface area contributed by atoms with Gasteiger partial charge in [0, 0.05) is 17.7 Å². The first-order valence-electron chi connectivity index (χ1n) is 11.8. The fraction of sp³-hybridized carbons (Fsp3) is 0.200. The Morgan fingerprint density at radius 1 is 0.853 bits per heavy atom. The van der Waals surface area contributed by atoms with E-state index in [1.165, 1.54) is 11.1 Å². The second-order valence-corrected chi connectivity index (χ2v) is 9.28. The van der Waals surface area contributed by atoms with E-state index in [1.54, 1.807) is 17.0 Å². The molecule has 1 aliphatic heterocycles. The molecule has 168 valence electrons. The number of ketones is 1. The SMILES string of the molecule is O=C(C[C@]1(O)C(=O)N(CCc2ccccc2)c2ccccc21)c1ccc2c3c(cccc13)CC2. The minimum atomic E-state index is -1.87. The van der Waals surface area contributed by atoms with Crippen LogP contribution in [0.4, 0.5) is 5.69 Å². The van der Waals surface area contributed by atoms with Gasteiger partial charge in [0.25, 0.3) is 5.91 Å². The molecule has 0 radical (unpaired) electrons. The second kappa shape index (κ2) is 7.93. The molecule has 1 N–H and O–H groups in total. The van der Waals surface area contributed by atoms with Crippen molar-refractivity contribution in [1.82, 2.24) is 0 Å². The highest BCUT2D eigenvalue weighted by atomic mass is 16.3. The number of Topliss-reactive ketones (excluding diaryl/α,β-unsaturated/α-hetero) is 1. The van der Waals surface area contributed by atoms with E-state index in [4.69, 9.17) is 0 Å². The first-order chi connectivity index (χ1) is 16.6. The minimum absolute atomic E-state index is 0.217. The molecular weight excluding hydrogens is 422 g/mol. The van der Waals surface area contributed by atoms with Gasteiger partial charge in [-0.2, -0.15) is 0 Å². The number of fused-ring (bicyclic) bond motifs is 1. The van der Waals surface area contributed by atoms with Crippen LogP contribution in [0.5, 0.6) is 0 Å². The molecule has 4 aromatic rings. The zero-order valence-corrected chi connectivity index (χ0v) is 18.8. The van der Waals surface area contributed by atoms with Gasteiger partial charge in [0.2, 0.25) is 0 Å². The molecule has 1 atom stereocenters. The molecule has 0 saturated heterocycles. The highest BCUT2D eigenvalue weighted by molar-refractivity contribution is 6.14. The number of anilines is 1. The summed E-state index contributed by atoms with van der Waals surface area (Å²) in [5.41, 5.74) is 3.53. The quantitative estimate of drug-likeness (QED) is 0.424. The Hall–Kier alpha value is -3.76. The predicted molar refractivity (Wildman–Crippen MR) is 133 cm³/mol. The van der Waals surface area contributed by atoms with Gasteiger partial charge in [-0.25, -0.2) is 0 Å². The Morgan fingerprint density at radius 3 is 2.41 bits per heavy atom. The van der Waals surface area contributed by atoms with Gasteiger partial charge < -0.3 is 10.0 Å². The van der Waals surface area contributed by atoms with Crippen molar-refractivity contribution in [2.45, 2.75) is 31.3 Å². The van der Waals surface area contributed by atoms with Crippen molar-refractivity contribution in [2.75, 3.05) is 11.4 Å². The van der Waals surface area contributed by atoms with E-state index in [9.17, 15) is 14.7 Å². The van der Waals surface area contributed by atoms with Gasteiger partial charge in [-0.15, -0.1) is 0 Å². The smallest absolute Gasteiger partial charge is 0.264 e. The van der Waals surface area contributed by atoms with Crippen molar-refractivity contribution in [3.63, 3.8) is 0 Å². The lowest BCUT2D eigenvalue weighted by Crippen LogP contribution is -2.42. The molecule has 0 bridgehead atoms. The third-order valence-electron chi connectivity index (χ3n) is 7.30. The lowest BCUT2D eigenvalue weighted by molar-refractivity contribution is -0.135. The molecule has 2 aliphatic rings. The normalized spacial score (nSPS) is 18.5. The Morgan fingerprint density at radius 2 is 1.59 bits per heavy atom. The number of nitrogens with zero attached hydrogens (tertiary/aromatic N) is 1. The average molecular weight is 448 g/mol. The van der Waals surface area contributed by atoms with E-state index in [1.807, 2.05) is 66.7 Å². The monoisotopic (exact) mass is 447 g/mol. The topological polar surface area (TPSA) is 57.6 Å². The lowest BCUT2D eigenvalue weighted by atomic mass is 9.86. The molecule has 0 fully saturated rings. The van der Waals surface area contributed by atoms with Crippen molar-refractivity contribution in [3.8, 4) is 0 Å². The Kier molecular flexibility index (Phi) is 4.85. The molecule has 1 aliphatic carbocycles. The second-order valence-electron chi connectivity index (χ2n) is 9.28. The zero-order valence-electron chi connectivity index (χ0n) is 18.8. The summed E-state index contributed by atoms with van der Waals surface area (Å²) in [6, 6.07) is 27.2. The average Bonchev–Trinajstić information content (AvgIpc) is 3.37. The minimum Gasteiger partial charge on any atom is -0.375 e. The molecule has 4 aromatic carbocycles. The first kappa shape index (κ1) is 20.8. The maximum atomic E-state index is 13.6. The van der Waals surface area contributed by atoms with Crippen molar-refractivity contribution < 1.29 is 14.7 Å². The van der Waals surface area contributed by atoms with Crippen LogP contribution >= 0.6 is 0 Å². The summed E-state index contributed by atoms with van der Waals surface area (Å²) in [7, 11) is 0. The Bertz CT molecular complexity index is 1430. The number of carbonyl (C=O) groups is 2. The van der Waals surface area contributed by atoms with E-state index in [0.717, 1.165) is 29.2 Å². The summed E-state index contributed by atoms with van der Waals surface area (Å²) in [5, 5.41) is 13.8. The maximum Gasteiger partial charge on any atom is 0.264 e. The van der Waals surface area contributed by atoms with E-state index in [0.29, 0.717) is 29.8 Å². The molecule has 34 heavy (non-hydrogen) atoms. The molecule has 6 rings (SSSR count). The van der Waals surface area contributed by atoms with Gasteiger partial charge in [-0.3, -0.25) is 9.59 Å². The van der Waals surface area contributed by atoms with E-state index in [-0.39, 0.29) is 12.2 Å². The van der Waals surface area contributed by atoms with Gasteiger partial charge in [0.15, 0.2) is 11.4 Å². The molecule has 0 spiro atoms. The number of aryl methyl sites for hydroxylation is 2. The summed E-state index contributed by atoms with van der Waals surface area (Å²) in [5.74, 6) is -0.643. The number of benzene rings is 4. The van der Waals surface area contributed by atoms with Crippen LogP contribution in [-0.2, 0) is 29.7 Å². The molecule has 0 unspecified atom stereocenters. The predicted octanol–water partition coefficient (Wildman–Crippen LogP) is 4.99. The van der Waals surface area contributed by atoms with Crippen molar-refractivity contribution in [2.24, 2.45) is 0 Å². The number of aliphatic hydroxyl groups is 1. The van der Waals surface area contributed by atoms with Crippen molar-refractivity contribution in [1.29, 1.82) is 0 Å². The summed E-state index contributed by atoms with van der Waals surface area (Å²) < 4.78 is 0. The fourth-order valence-electron chi connectivity index (χ4n) is 5.60. The van der Waals surface area contributed by atoms with Crippen LogP contribution in [0.1, 0.15) is 39.0 Å². The zero-order chi connectivity index (χ0) is 23.3.